The van der Waals surface area contributed by atoms with E-state index in [1.54, 1.807) is 12.1 Å². The number of aromatic hydroxyl groups is 1. The van der Waals surface area contributed by atoms with E-state index in [9.17, 15) is 10.2 Å². The minimum atomic E-state index is 0.0610. The van der Waals surface area contributed by atoms with E-state index >= 15 is 0 Å². The van der Waals surface area contributed by atoms with E-state index < -0.39 is 0 Å². The van der Waals surface area contributed by atoms with Gasteiger partial charge in [0.25, 0.3) is 0 Å². The third kappa shape index (κ3) is 4.19. The van der Waals surface area contributed by atoms with Crippen LogP contribution in [0.3, 0.4) is 0 Å². The Morgan fingerprint density at radius 3 is 1.73 bits per heavy atom. The predicted octanol–water partition coefficient (Wildman–Crippen LogP) is 5.92. The summed E-state index contributed by atoms with van der Waals surface area (Å²) in [5.74, 6) is 0.290. The molecular formula is C24H30O2. The molecule has 1 aliphatic rings. The third-order valence-corrected chi connectivity index (χ3v) is 5.28. The molecule has 26 heavy (non-hydrogen) atoms. The fourth-order valence-corrected chi connectivity index (χ4v) is 4.79. The number of hydrogen-bond acceptors (Lipinski definition) is 2. The topological polar surface area (TPSA) is 40.5 Å². The van der Waals surface area contributed by atoms with Crippen molar-refractivity contribution in [1.29, 1.82) is 0 Å². The molecule has 2 aromatic rings. The summed E-state index contributed by atoms with van der Waals surface area (Å²) in [5.41, 5.74) is 6.53. The first-order chi connectivity index (χ1) is 12.2. The van der Waals surface area contributed by atoms with Crippen LogP contribution in [0.25, 0.3) is 5.57 Å². The molecule has 0 bridgehead atoms. The summed E-state index contributed by atoms with van der Waals surface area (Å²) in [4.78, 5) is 0. The number of aliphatic hydroxyl groups excluding tert-OH is 1. The SMILES string of the molecule is CC1(C)CC(=C(c2ccc(O)cc2)c2ccc(CO)cc2)CC(C)(C)C1. The van der Waals surface area contributed by atoms with Gasteiger partial charge in [-0.3, -0.25) is 0 Å². The molecular weight excluding hydrogens is 320 g/mol. The van der Waals surface area contributed by atoms with E-state index in [4.69, 9.17) is 0 Å². The molecule has 0 amide bonds. The summed E-state index contributed by atoms with van der Waals surface area (Å²) in [6.45, 7) is 9.49. The number of rotatable bonds is 3. The highest BCUT2D eigenvalue weighted by Gasteiger charge is 2.37. The van der Waals surface area contributed by atoms with Crippen LogP contribution in [0.4, 0.5) is 0 Å². The molecule has 0 spiro atoms. The van der Waals surface area contributed by atoms with Crippen molar-refractivity contribution in [3.63, 3.8) is 0 Å². The number of phenols is 1. The second kappa shape index (κ2) is 6.92. The van der Waals surface area contributed by atoms with Crippen molar-refractivity contribution in [2.45, 2.75) is 53.6 Å². The average molecular weight is 351 g/mol. The van der Waals surface area contributed by atoms with E-state index in [2.05, 4.69) is 39.8 Å². The zero-order valence-corrected chi connectivity index (χ0v) is 16.3. The minimum absolute atomic E-state index is 0.0610. The van der Waals surface area contributed by atoms with Crippen molar-refractivity contribution < 1.29 is 10.2 Å². The van der Waals surface area contributed by atoms with Gasteiger partial charge in [-0.1, -0.05) is 69.7 Å². The standard InChI is InChI=1S/C24H30O2/c1-23(2)13-20(14-24(3,4)16-23)22(19-9-11-21(26)12-10-19)18-7-5-17(15-25)6-8-18/h5-12,25-26H,13-16H2,1-4H3. The molecule has 3 rings (SSSR count). The average Bonchev–Trinajstić information content (AvgIpc) is 2.55. The fourth-order valence-electron chi connectivity index (χ4n) is 4.79. The highest BCUT2D eigenvalue weighted by atomic mass is 16.3. The molecule has 2 aromatic carbocycles. The molecule has 2 heteroatoms. The highest BCUT2D eigenvalue weighted by Crippen LogP contribution is 2.50. The van der Waals surface area contributed by atoms with Gasteiger partial charge in [0.2, 0.25) is 0 Å². The van der Waals surface area contributed by atoms with Gasteiger partial charge in [0.15, 0.2) is 0 Å². The Balaban J connectivity index is 2.17. The summed E-state index contributed by atoms with van der Waals surface area (Å²) in [5, 5.41) is 19.1. The van der Waals surface area contributed by atoms with Gasteiger partial charge in [-0.2, -0.15) is 0 Å². The van der Waals surface area contributed by atoms with Crippen LogP contribution in [-0.4, -0.2) is 10.2 Å². The van der Waals surface area contributed by atoms with Crippen molar-refractivity contribution in [3.8, 4) is 5.75 Å². The molecule has 0 aromatic heterocycles. The highest BCUT2D eigenvalue weighted by molar-refractivity contribution is 5.82. The Hall–Kier alpha value is -2.06. The first-order valence-electron chi connectivity index (χ1n) is 9.41. The van der Waals surface area contributed by atoms with E-state index in [0.717, 1.165) is 24.0 Å². The first-order valence-corrected chi connectivity index (χ1v) is 9.41. The number of aliphatic hydroxyl groups is 1. The van der Waals surface area contributed by atoms with Crippen LogP contribution in [-0.2, 0) is 6.61 Å². The Labute approximate surface area is 157 Å². The van der Waals surface area contributed by atoms with Crippen molar-refractivity contribution in [2.75, 3.05) is 0 Å². The maximum Gasteiger partial charge on any atom is 0.115 e. The molecule has 1 aliphatic carbocycles. The van der Waals surface area contributed by atoms with Gasteiger partial charge in [0.05, 0.1) is 6.61 Å². The Kier molecular flexibility index (Phi) is 4.98. The van der Waals surface area contributed by atoms with Crippen molar-refractivity contribution in [1.82, 2.24) is 0 Å². The zero-order chi connectivity index (χ0) is 18.9. The first kappa shape index (κ1) is 18.7. The molecule has 0 radical (unpaired) electrons. The van der Waals surface area contributed by atoms with Crippen molar-refractivity contribution in [3.05, 3.63) is 70.8 Å². The Morgan fingerprint density at radius 1 is 0.808 bits per heavy atom. The number of phenolic OH excluding ortho intramolecular Hbond substituents is 1. The van der Waals surface area contributed by atoms with Gasteiger partial charge in [0, 0.05) is 0 Å². The van der Waals surface area contributed by atoms with Crippen molar-refractivity contribution >= 4 is 5.57 Å². The van der Waals surface area contributed by atoms with Gasteiger partial charge >= 0.3 is 0 Å². The van der Waals surface area contributed by atoms with Crippen LogP contribution in [0.5, 0.6) is 5.75 Å². The van der Waals surface area contributed by atoms with Gasteiger partial charge < -0.3 is 10.2 Å². The molecule has 2 N–H and O–H groups in total. The monoisotopic (exact) mass is 350 g/mol. The van der Waals surface area contributed by atoms with Crippen LogP contribution in [0.1, 0.15) is 63.6 Å². The quantitative estimate of drug-likeness (QED) is 0.721. The molecule has 0 saturated heterocycles. The maximum atomic E-state index is 9.71. The van der Waals surface area contributed by atoms with E-state index in [-0.39, 0.29) is 23.2 Å². The van der Waals surface area contributed by atoms with Gasteiger partial charge in [0.1, 0.15) is 5.75 Å². The second-order valence-corrected chi connectivity index (χ2v) is 9.24. The smallest absolute Gasteiger partial charge is 0.115 e. The summed E-state index contributed by atoms with van der Waals surface area (Å²) >= 11 is 0. The molecule has 0 unspecified atom stereocenters. The van der Waals surface area contributed by atoms with E-state index in [1.165, 1.54) is 23.1 Å². The number of allylic oxidation sites excluding steroid dienone is 1. The van der Waals surface area contributed by atoms with Crippen LogP contribution in [0.2, 0.25) is 0 Å². The van der Waals surface area contributed by atoms with E-state index in [1.807, 2.05) is 24.3 Å². The molecule has 1 fully saturated rings. The molecule has 0 atom stereocenters. The summed E-state index contributed by atoms with van der Waals surface area (Å²) in [6, 6.07) is 15.7. The lowest BCUT2D eigenvalue weighted by Crippen LogP contribution is -2.30. The normalized spacial score (nSPS) is 18.6. The van der Waals surface area contributed by atoms with E-state index in [0.29, 0.717) is 0 Å². The predicted molar refractivity (Wildman–Crippen MR) is 108 cm³/mol. The number of benzene rings is 2. The van der Waals surface area contributed by atoms with Gasteiger partial charge in [-0.25, -0.2) is 0 Å². The van der Waals surface area contributed by atoms with Crippen molar-refractivity contribution in [2.24, 2.45) is 10.8 Å². The lowest BCUT2D eigenvalue weighted by molar-refractivity contribution is 0.154. The van der Waals surface area contributed by atoms with Crippen LogP contribution >= 0.6 is 0 Å². The van der Waals surface area contributed by atoms with Gasteiger partial charge in [-0.15, -0.1) is 0 Å². The Morgan fingerprint density at radius 2 is 1.27 bits per heavy atom. The van der Waals surface area contributed by atoms with Crippen LogP contribution < -0.4 is 0 Å². The molecule has 0 aliphatic heterocycles. The summed E-state index contributed by atoms with van der Waals surface area (Å²) < 4.78 is 0. The summed E-state index contributed by atoms with van der Waals surface area (Å²) in [7, 11) is 0. The largest absolute Gasteiger partial charge is 0.508 e. The summed E-state index contributed by atoms with van der Waals surface area (Å²) in [6.07, 6.45) is 3.37. The fraction of sp³-hybridized carbons (Fsp3) is 0.417. The maximum absolute atomic E-state index is 9.71. The lowest BCUT2D eigenvalue weighted by atomic mass is 9.62. The number of hydrogen-bond donors (Lipinski definition) is 2. The van der Waals surface area contributed by atoms with Crippen LogP contribution in [0, 0.1) is 10.8 Å². The lowest BCUT2D eigenvalue weighted by Gasteiger charge is -2.43. The molecule has 0 heterocycles. The molecule has 2 nitrogen and oxygen atoms in total. The third-order valence-electron chi connectivity index (χ3n) is 5.28. The second-order valence-electron chi connectivity index (χ2n) is 9.24. The molecule has 138 valence electrons. The Bertz CT molecular complexity index is 775. The minimum Gasteiger partial charge on any atom is -0.508 e. The van der Waals surface area contributed by atoms with Gasteiger partial charge in [-0.05, 0) is 64.5 Å². The zero-order valence-electron chi connectivity index (χ0n) is 16.3. The van der Waals surface area contributed by atoms with Crippen LogP contribution in [0.15, 0.2) is 54.1 Å². The molecule has 1 saturated carbocycles.